The van der Waals surface area contributed by atoms with E-state index in [0.717, 1.165) is 25.2 Å². The van der Waals surface area contributed by atoms with Crippen LogP contribution in [0.25, 0.3) is 6.08 Å². The van der Waals surface area contributed by atoms with Gasteiger partial charge in [0.05, 0.1) is 51.2 Å². The molecule has 0 radical (unpaired) electrons. The molecule has 2 aromatic rings. The second-order valence-corrected chi connectivity index (χ2v) is 7.36. The number of aliphatic hydroxyl groups excluding tert-OH is 1. The van der Waals surface area contributed by atoms with Gasteiger partial charge in [0.1, 0.15) is 11.5 Å². The lowest BCUT2D eigenvalue weighted by atomic mass is 9.95. The van der Waals surface area contributed by atoms with Crippen LogP contribution in [0.3, 0.4) is 0 Å². The summed E-state index contributed by atoms with van der Waals surface area (Å²) in [5.41, 5.74) is 0.815. The molecule has 0 bridgehead atoms. The van der Waals surface area contributed by atoms with E-state index < -0.39 is 23.5 Å². The van der Waals surface area contributed by atoms with Gasteiger partial charge in [0.15, 0.2) is 11.5 Å². The van der Waals surface area contributed by atoms with E-state index in [-0.39, 0.29) is 5.57 Å². The Morgan fingerprint density at radius 2 is 1.94 bits per heavy atom. The molecule has 1 aromatic heterocycles. The summed E-state index contributed by atoms with van der Waals surface area (Å²) in [6.07, 6.45) is 4.37. The highest BCUT2D eigenvalue weighted by Crippen LogP contribution is 2.38. The van der Waals surface area contributed by atoms with Crippen molar-refractivity contribution in [3.8, 4) is 5.75 Å². The Labute approximate surface area is 182 Å². The van der Waals surface area contributed by atoms with Crippen molar-refractivity contribution in [1.82, 2.24) is 4.90 Å². The Kier molecular flexibility index (Phi) is 7.31. The minimum absolute atomic E-state index is 0.0764. The molecule has 31 heavy (non-hydrogen) atoms. The minimum atomic E-state index is -0.665. The van der Waals surface area contributed by atoms with E-state index in [1.54, 1.807) is 36.3 Å². The lowest BCUT2D eigenvalue weighted by molar-refractivity contribution is -0.895. The summed E-state index contributed by atoms with van der Waals surface area (Å²) in [5.74, 6) is -0.265. The van der Waals surface area contributed by atoms with Crippen molar-refractivity contribution < 1.29 is 28.7 Å². The number of ether oxygens (including phenoxy) is 1. The van der Waals surface area contributed by atoms with Gasteiger partial charge < -0.3 is 24.1 Å². The van der Waals surface area contributed by atoms with Crippen LogP contribution >= 0.6 is 0 Å². The third-order valence-electron chi connectivity index (χ3n) is 5.65. The van der Waals surface area contributed by atoms with E-state index in [0.29, 0.717) is 18.1 Å². The van der Waals surface area contributed by atoms with Gasteiger partial charge in [-0.05, 0) is 55.8 Å². The molecule has 1 aliphatic heterocycles. The summed E-state index contributed by atoms with van der Waals surface area (Å²) in [5, 5.41) is 10.6. The van der Waals surface area contributed by atoms with E-state index in [1.165, 1.54) is 23.3 Å². The van der Waals surface area contributed by atoms with Gasteiger partial charge in [-0.15, -0.1) is 0 Å². The van der Waals surface area contributed by atoms with Crippen LogP contribution in [0.4, 0.5) is 0 Å². The van der Waals surface area contributed by atoms with Gasteiger partial charge in [-0.3, -0.25) is 9.59 Å². The third-order valence-corrected chi connectivity index (χ3v) is 5.65. The van der Waals surface area contributed by atoms with Crippen molar-refractivity contribution in [2.45, 2.75) is 19.9 Å². The highest BCUT2D eigenvalue weighted by molar-refractivity contribution is 6.14. The molecule has 0 aliphatic carbocycles. The number of methoxy groups -OCH3 is 1. The number of allylic oxidation sites excluding steroid dienone is 1. The lowest BCUT2D eigenvalue weighted by Crippen LogP contribution is -3.12. The first-order chi connectivity index (χ1) is 15.0. The number of hydrogen-bond donors (Lipinski definition) is 2. The fourth-order valence-electron chi connectivity index (χ4n) is 3.78. The molecule has 7 nitrogen and oxygen atoms in total. The van der Waals surface area contributed by atoms with E-state index in [2.05, 4.69) is 13.8 Å². The molecule has 1 amide bonds. The van der Waals surface area contributed by atoms with Crippen LogP contribution in [-0.2, 0) is 9.59 Å². The van der Waals surface area contributed by atoms with E-state index in [1.807, 2.05) is 12.1 Å². The second kappa shape index (κ2) is 10.1. The number of quaternary nitrogens is 1. The standard InChI is InChI=1S/C24H28N2O5/c1-4-25(5-2)14-15-26-22(17-8-10-18(30-3)11-9-17)21(23(28)24(26)29)20(27)13-12-19-7-6-16-31-19/h6-13,16,22,28H,4-5,14-15H2,1-3H3/p+1/b13-12+/t22-/m1/s1. The molecule has 7 heteroatoms. The number of benzene rings is 1. The quantitative estimate of drug-likeness (QED) is 0.570. The zero-order valence-corrected chi connectivity index (χ0v) is 18.1. The molecule has 0 spiro atoms. The molecule has 1 atom stereocenters. The van der Waals surface area contributed by atoms with Gasteiger partial charge in [-0.2, -0.15) is 0 Å². The van der Waals surface area contributed by atoms with Crippen molar-refractivity contribution in [3.05, 3.63) is 71.4 Å². The first kappa shape index (κ1) is 22.4. The molecule has 2 heterocycles. The summed E-state index contributed by atoms with van der Waals surface area (Å²) in [7, 11) is 1.58. The Bertz CT molecular complexity index is 956. The molecule has 0 saturated heterocycles. The number of hydrogen-bond acceptors (Lipinski definition) is 5. The van der Waals surface area contributed by atoms with Crippen molar-refractivity contribution in [1.29, 1.82) is 0 Å². The molecule has 0 saturated carbocycles. The normalized spacial score (nSPS) is 16.7. The highest BCUT2D eigenvalue weighted by Gasteiger charge is 2.43. The van der Waals surface area contributed by atoms with Crippen LogP contribution in [-0.4, -0.2) is 55.0 Å². The number of nitrogens with zero attached hydrogens (tertiary/aromatic N) is 1. The van der Waals surface area contributed by atoms with Crippen molar-refractivity contribution in [2.75, 3.05) is 33.3 Å². The molecule has 3 rings (SSSR count). The van der Waals surface area contributed by atoms with Gasteiger partial charge in [-0.25, -0.2) is 0 Å². The van der Waals surface area contributed by atoms with Crippen molar-refractivity contribution >= 4 is 17.8 Å². The van der Waals surface area contributed by atoms with Crippen LogP contribution in [0, 0.1) is 0 Å². The molecular formula is C24H29N2O5+. The van der Waals surface area contributed by atoms with Gasteiger partial charge in [0.2, 0.25) is 0 Å². The first-order valence-electron chi connectivity index (χ1n) is 10.5. The number of amides is 1. The summed E-state index contributed by atoms with van der Waals surface area (Å²) in [4.78, 5) is 28.9. The largest absolute Gasteiger partial charge is 0.503 e. The second-order valence-electron chi connectivity index (χ2n) is 7.36. The number of furan rings is 1. The first-order valence-corrected chi connectivity index (χ1v) is 10.5. The van der Waals surface area contributed by atoms with Crippen LogP contribution in [0.5, 0.6) is 5.75 Å². The zero-order chi connectivity index (χ0) is 22.4. The summed E-state index contributed by atoms with van der Waals surface area (Å²) >= 11 is 0. The molecule has 0 unspecified atom stereocenters. The maximum absolute atomic E-state index is 13.0. The Hall–Kier alpha value is -3.32. The van der Waals surface area contributed by atoms with Gasteiger partial charge in [0.25, 0.3) is 5.91 Å². The van der Waals surface area contributed by atoms with Crippen LogP contribution in [0.15, 0.2) is 64.5 Å². The predicted octanol–water partition coefficient (Wildman–Crippen LogP) is 2.19. The third kappa shape index (κ3) is 4.88. The Balaban J connectivity index is 1.94. The average Bonchev–Trinajstić information content (AvgIpc) is 3.40. The molecule has 1 aromatic carbocycles. The molecule has 164 valence electrons. The lowest BCUT2D eigenvalue weighted by Gasteiger charge is -2.28. The smallest absolute Gasteiger partial charge is 0.290 e. The summed E-state index contributed by atoms with van der Waals surface area (Å²) in [6, 6.07) is 9.97. The van der Waals surface area contributed by atoms with Crippen molar-refractivity contribution in [2.24, 2.45) is 0 Å². The van der Waals surface area contributed by atoms with Gasteiger partial charge in [-0.1, -0.05) is 12.1 Å². The molecule has 2 N–H and O–H groups in total. The Morgan fingerprint density at radius 1 is 1.23 bits per heavy atom. The fourth-order valence-corrected chi connectivity index (χ4v) is 3.78. The highest BCUT2D eigenvalue weighted by atomic mass is 16.5. The minimum Gasteiger partial charge on any atom is -0.503 e. The summed E-state index contributed by atoms with van der Waals surface area (Å²) in [6.45, 7) is 7.20. The van der Waals surface area contributed by atoms with Gasteiger partial charge >= 0.3 is 0 Å². The number of carbonyl (C=O) groups excluding carboxylic acids is 2. The topological polar surface area (TPSA) is 84.4 Å². The maximum Gasteiger partial charge on any atom is 0.290 e. The SMILES string of the molecule is CC[NH+](CC)CCN1C(=O)C(O)=C(C(=O)/C=C/c2ccco2)[C@H]1c1ccc(OC)cc1. The van der Waals surface area contributed by atoms with Crippen LogP contribution in [0.1, 0.15) is 31.2 Å². The number of rotatable bonds is 10. The van der Waals surface area contributed by atoms with E-state index >= 15 is 0 Å². The number of aliphatic hydroxyl groups is 1. The number of likely N-dealkylation sites (N-methyl/N-ethyl adjacent to an activating group) is 1. The van der Waals surface area contributed by atoms with E-state index in [9.17, 15) is 14.7 Å². The predicted molar refractivity (Wildman–Crippen MR) is 117 cm³/mol. The zero-order valence-electron chi connectivity index (χ0n) is 18.1. The van der Waals surface area contributed by atoms with E-state index in [4.69, 9.17) is 9.15 Å². The van der Waals surface area contributed by atoms with Crippen molar-refractivity contribution in [3.63, 3.8) is 0 Å². The molecule has 1 aliphatic rings. The maximum atomic E-state index is 13.0. The average molecular weight is 426 g/mol. The number of ketones is 1. The monoisotopic (exact) mass is 425 g/mol. The van der Waals surface area contributed by atoms with Crippen LogP contribution < -0.4 is 9.64 Å². The molecular weight excluding hydrogens is 396 g/mol. The fraction of sp³-hybridized carbons (Fsp3) is 0.333. The van der Waals surface area contributed by atoms with Crippen LogP contribution in [0.2, 0.25) is 0 Å². The molecule has 0 fully saturated rings. The summed E-state index contributed by atoms with van der Waals surface area (Å²) < 4.78 is 10.5. The van der Waals surface area contributed by atoms with Gasteiger partial charge in [0, 0.05) is 0 Å². The Morgan fingerprint density at radius 3 is 2.52 bits per heavy atom. The number of nitrogens with one attached hydrogen (secondary N) is 1. The number of carbonyl (C=O) groups is 2.